The fraction of sp³-hybridized carbons (Fsp3) is 0.667. The third kappa shape index (κ3) is 4.47. The van der Waals surface area contributed by atoms with E-state index < -0.39 is 20.8 Å². The number of nitrogens with one attached hydrogen (secondary N) is 2. The summed E-state index contributed by atoms with van der Waals surface area (Å²) >= 11 is 0. The Morgan fingerprint density at radius 1 is 1.23 bits per heavy atom. The monoisotopic (exact) mass is 399 g/mol. The molecule has 2 aliphatic rings. The van der Waals surface area contributed by atoms with E-state index in [0.29, 0.717) is 29.9 Å². The first-order valence-electron chi connectivity index (χ1n) is 9.52. The molecule has 26 heavy (non-hydrogen) atoms. The average Bonchev–Trinajstić information content (AvgIpc) is 3.25. The molecule has 1 atom stereocenters. The topological polar surface area (TPSA) is 78.5 Å². The van der Waals surface area contributed by atoms with E-state index in [1.54, 1.807) is 12.1 Å². The van der Waals surface area contributed by atoms with Crippen LogP contribution in [0.25, 0.3) is 0 Å². The molecule has 6 nitrogen and oxygen atoms in total. The first kappa shape index (κ1) is 19.8. The van der Waals surface area contributed by atoms with Crippen LogP contribution in [0.1, 0.15) is 45.4 Å². The van der Waals surface area contributed by atoms with Gasteiger partial charge in [-0.1, -0.05) is 32.3 Å². The normalized spacial score (nSPS) is 20.7. The van der Waals surface area contributed by atoms with Crippen LogP contribution >= 0.6 is 0 Å². The predicted molar refractivity (Wildman–Crippen MR) is 105 cm³/mol. The molecule has 1 aromatic rings. The second-order valence-electron chi connectivity index (χ2n) is 7.03. The van der Waals surface area contributed by atoms with Crippen LogP contribution in [0.5, 0.6) is 0 Å². The Balaban J connectivity index is 1.68. The van der Waals surface area contributed by atoms with E-state index in [9.17, 15) is 12.6 Å². The molecule has 0 aromatic heterocycles. The van der Waals surface area contributed by atoms with Gasteiger partial charge in [0, 0.05) is 25.7 Å². The summed E-state index contributed by atoms with van der Waals surface area (Å²) in [6, 6.07) is 5.69. The van der Waals surface area contributed by atoms with E-state index in [0.717, 1.165) is 25.1 Å². The van der Waals surface area contributed by atoms with Gasteiger partial charge in [-0.25, -0.2) is 13.1 Å². The number of rotatable bonds is 9. The van der Waals surface area contributed by atoms with E-state index in [-0.39, 0.29) is 4.90 Å². The van der Waals surface area contributed by atoms with Crippen molar-refractivity contribution in [2.45, 2.75) is 61.3 Å². The Labute approximate surface area is 159 Å². The van der Waals surface area contributed by atoms with E-state index >= 15 is 0 Å². The molecule has 146 valence electrons. The fourth-order valence-corrected chi connectivity index (χ4v) is 6.82. The molecule has 0 saturated heterocycles. The average molecular weight is 400 g/mol. The van der Waals surface area contributed by atoms with Gasteiger partial charge < -0.3 is 10.2 Å². The van der Waals surface area contributed by atoms with Crippen molar-refractivity contribution >= 4 is 26.5 Å². The van der Waals surface area contributed by atoms with E-state index in [1.165, 1.54) is 25.7 Å². The molecule has 1 aliphatic heterocycles. The molecular formula is C18H29N3O3S2. The second-order valence-corrected chi connectivity index (χ2v) is 10.1. The van der Waals surface area contributed by atoms with Gasteiger partial charge in [-0.2, -0.15) is 0 Å². The molecule has 3 rings (SSSR count). The van der Waals surface area contributed by atoms with Crippen molar-refractivity contribution < 1.29 is 12.6 Å². The standard InChI is InChI=1S/C18H29N3O3S2/c1-2-3-13-21-14-25(22)18-16(21)9-6-10-17(18)26(23,24)20-12-11-19-15-7-4-5-8-15/h6,9-10,15,19-20H,2-5,7-8,11-14H2,1H3. The van der Waals surface area contributed by atoms with E-state index in [4.69, 9.17) is 0 Å². The van der Waals surface area contributed by atoms with Gasteiger partial charge >= 0.3 is 0 Å². The van der Waals surface area contributed by atoms with Crippen LogP contribution in [0.15, 0.2) is 28.0 Å². The number of fused-ring (bicyclic) bond motifs is 1. The van der Waals surface area contributed by atoms with Crippen LogP contribution in [0.4, 0.5) is 5.69 Å². The first-order valence-corrected chi connectivity index (χ1v) is 12.3. The number of nitrogens with zero attached hydrogens (tertiary/aromatic N) is 1. The van der Waals surface area contributed by atoms with Crippen LogP contribution in [-0.2, 0) is 20.8 Å². The van der Waals surface area contributed by atoms with Crippen LogP contribution in [0.3, 0.4) is 0 Å². The molecule has 1 aromatic carbocycles. The Morgan fingerprint density at radius 3 is 2.73 bits per heavy atom. The first-order chi connectivity index (χ1) is 12.5. The minimum absolute atomic E-state index is 0.160. The van der Waals surface area contributed by atoms with Gasteiger partial charge in [0.25, 0.3) is 0 Å². The van der Waals surface area contributed by atoms with Crippen molar-refractivity contribution in [1.29, 1.82) is 0 Å². The van der Waals surface area contributed by atoms with Gasteiger partial charge in [0.2, 0.25) is 10.0 Å². The predicted octanol–water partition coefficient (Wildman–Crippen LogP) is 2.18. The summed E-state index contributed by atoms with van der Waals surface area (Å²) in [4.78, 5) is 2.66. The van der Waals surface area contributed by atoms with Crippen molar-refractivity contribution in [3.05, 3.63) is 18.2 Å². The van der Waals surface area contributed by atoms with Gasteiger partial charge in [-0.3, -0.25) is 4.21 Å². The lowest BCUT2D eigenvalue weighted by atomic mass is 10.2. The number of unbranched alkanes of at least 4 members (excludes halogenated alkanes) is 1. The summed E-state index contributed by atoms with van der Waals surface area (Å²) in [6.07, 6.45) is 6.89. The number of sulfonamides is 1. The highest BCUT2D eigenvalue weighted by Gasteiger charge is 2.32. The minimum atomic E-state index is -3.67. The van der Waals surface area contributed by atoms with Crippen molar-refractivity contribution in [2.75, 3.05) is 30.4 Å². The maximum Gasteiger partial charge on any atom is 0.241 e. The molecule has 0 radical (unpaired) electrons. The Kier molecular flexibility index (Phi) is 6.71. The molecule has 1 unspecified atom stereocenters. The number of anilines is 1. The molecule has 1 fully saturated rings. The molecule has 8 heteroatoms. The lowest BCUT2D eigenvalue weighted by molar-refractivity contribution is 0.520. The quantitative estimate of drug-likeness (QED) is 0.622. The van der Waals surface area contributed by atoms with Gasteiger partial charge in [-0.15, -0.1) is 0 Å². The maximum absolute atomic E-state index is 12.8. The Bertz CT molecular complexity index is 746. The molecule has 0 amide bonds. The summed E-state index contributed by atoms with van der Waals surface area (Å²) in [6.45, 7) is 3.87. The largest absolute Gasteiger partial charge is 0.358 e. The van der Waals surface area contributed by atoms with Crippen LogP contribution in [0.2, 0.25) is 0 Å². The summed E-state index contributed by atoms with van der Waals surface area (Å²) < 4.78 is 40.8. The summed E-state index contributed by atoms with van der Waals surface area (Å²) in [7, 11) is -4.98. The van der Waals surface area contributed by atoms with Gasteiger partial charge in [0.05, 0.1) is 27.3 Å². The SMILES string of the molecule is CCCCN1CS(=O)c2c1cccc2S(=O)(=O)NCCNC1CCCC1. The summed E-state index contributed by atoms with van der Waals surface area (Å²) in [5, 5.41) is 3.40. The third-order valence-corrected chi connectivity index (χ3v) is 8.14. The molecule has 2 N–H and O–H groups in total. The molecule has 1 heterocycles. The van der Waals surface area contributed by atoms with Crippen LogP contribution in [0, 0.1) is 0 Å². The van der Waals surface area contributed by atoms with E-state index in [2.05, 4.69) is 17.0 Å². The zero-order valence-corrected chi connectivity index (χ0v) is 17.0. The second kappa shape index (κ2) is 8.82. The lowest BCUT2D eigenvalue weighted by Gasteiger charge is -2.18. The molecule has 0 bridgehead atoms. The van der Waals surface area contributed by atoms with E-state index in [1.807, 2.05) is 11.0 Å². The molecule has 1 saturated carbocycles. The highest BCUT2D eigenvalue weighted by atomic mass is 32.2. The summed E-state index contributed by atoms with van der Waals surface area (Å²) in [5.41, 5.74) is 0.795. The number of hydrogen-bond acceptors (Lipinski definition) is 5. The van der Waals surface area contributed by atoms with Crippen LogP contribution < -0.4 is 14.9 Å². The lowest BCUT2D eigenvalue weighted by Crippen LogP contribution is -2.36. The molecular weight excluding hydrogens is 370 g/mol. The summed E-state index contributed by atoms with van der Waals surface area (Å²) in [5.74, 6) is 0.380. The highest BCUT2D eigenvalue weighted by Crippen LogP contribution is 2.36. The maximum atomic E-state index is 12.8. The Hall–Kier alpha value is -0.960. The molecule has 0 spiro atoms. The van der Waals surface area contributed by atoms with Crippen molar-refractivity contribution in [1.82, 2.24) is 10.0 Å². The van der Waals surface area contributed by atoms with Gasteiger partial charge in [-0.05, 0) is 31.4 Å². The van der Waals surface area contributed by atoms with Crippen molar-refractivity contribution in [3.63, 3.8) is 0 Å². The third-order valence-electron chi connectivity index (χ3n) is 5.08. The molecule has 1 aliphatic carbocycles. The smallest absolute Gasteiger partial charge is 0.241 e. The van der Waals surface area contributed by atoms with Crippen LogP contribution in [-0.4, -0.2) is 44.2 Å². The zero-order valence-electron chi connectivity index (χ0n) is 15.4. The highest BCUT2D eigenvalue weighted by molar-refractivity contribution is 7.91. The Morgan fingerprint density at radius 2 is 2.00 bits per heavy atom. The minimum Gasteiger partial charge on any atom is -0.358 e. The number of benzene rings is 1. The van der Waals surface area contributed by atoms with Crippen molar-refractivity contribution in [2.24, 2.45) is 0 Å². The van der Waals surface area contributed by atoms with Gasteiger partial charge in [0.15, 0.2) is 0 Å². The van der Waals surface area contributed by atoms with Gasteiger partial charge in [0.1, 0.15) is 4.90 Å². The fourth-order valence-electron chi connectivity index (χ4n) is 3.67. The number of hydrogen-bond donors (Lipinski definition) is 2. The zero-order chi connectivity index (χ0) is 18.6. The van der Waals surface area contributed by atoms with Crippen molar-refractivity contribution in [3.8, 4) is 0 Å².